The predicted molar refractivity (Wildman–Crippen MR) is 109 cm³/mol. The van der Waals surface area contributed by atoms with Gasteiger partial charge in [-0.25, -0.2) is 13.1 Å². The van der Waals surface area contributed by atoms with Crippen LogP contribution in [0.3, 0.4) is 0 Å². The summed E-state index contributed by atoms with van der Waals surface area (Å²) in [6.07, 6.45) is 2.30. The smallest absolute Gasteiger partial charge is 0.251 e. The topological polar surface area (TPSA) is 103 Å². The van der Waals surface area contributed by atoms with E-state index in [0.717, 1.165) is 18.4 Å². The third kappa shape index (κ3) is 4.92. The minimum absolute atomic E-state index is 0.0592. The first-order valence-corrected chi connectivity index (χ1v) is 11.4. The van der Waals surface area contributed by atoms with E-state index in [0.29, 0.717) is 36.6 Å². The Morgan fingerprint density at radius 3 is 2.80 bits per heavy atom. The molecule has 0 spiro atoms. The van der Waals surface area contributed by atoms with Crippen molar-refractivity contribution in [3.63, 3.8) is 0 Å². The second-order valence-corrected chi connectivity index (χ2v) is 8.98. The maximum absolute atomic E-state index is 12.5. The van der Waals surface area contributed by atoms with Crippen LogP contribution in [0.1, 0.15) is 28.8 Å². The lowest BCUT2D eigenvalue weighted by Crippen LogP contribution is -2.32. The normalized spacial score (nSPS) is 17.8. The number of benzene rings is 2. The molecule has 0 aliphatic carbocycles. The fourth-order valence-corrected chi connectivity index (χ4v) is 4.53. The van der Waals surface area contributed by atoms with E-state index in [4.69, 9.17) is 14.2 Å². The van der Waals surface area contributed by atoms with Gasteiger partial charge in [0.2, 0.25) is 16.8 Å². The maximum atomic E-state index is 12.5. The standard InChI is InChI=1S/C21H24N2O6S/c24-21(22-9-8-15-6-7-19-20(11-15)29-14-28-19)16-3-1-5-18(12-16)30(25,26)23-13-17-4-2-10-27-17/h1,3,5-7,11-12,17,23H,2,4,8-10,13-14H2,(H,22,24)/t17-/m0/s1. The van der Waals surface area contributed by atoms with Gasteiger partial charge in [-0.3, -0.25) is 4.79 Å². The molecule has 0 radical (unpaired) electrons. The minimum atomic E-state index is -3.71. The fourth-order valence-electron chi connectivity index (χ4n) is 3.41. The zero-order valence-corrected chi connectivity index (χ0v) is 17.2. The number of amides is 1. The maximum Gasteiger partial charge on any atom is 0.251 e. The van der Waals surface area contributed by atoms with E-state index in [1.807, 2.05) is 18.2 Å². The molecule has 0 aromatic heterocycles. The first kappa shape index (κ1) is 20.6. The first-order chi connectivity index (χ1) is 14.5. The van der Waals surface area contributed by atoms with E-state index in [2.05, 4.69) is 10.0 Å². The molecular formula is C21H24N2O6S. The Hall–Kier alpha value is -2.62. The van der Waals surface area contributed by atoms with Gasteiger partial charge in [-0.05, 0) is 55.2 Å². The van der Waals surface area contributed by atoms with Crippen LogP contribution in [0.4, 0.5) is 0 Å². The fraction of sp³-hybridized carbons (Fsp3) is 0.381. The van der Waals surface area contributed by atoms with Crippen molar-refractivity contribution in [2.45, 2.75) is 30.3 Å². The quantitative estimate of drug-likeness (QED) is 0.660. The number of hydrogen-bond acceptors (Lipinski definition) is 6. The van der Waals surface area contributed by atoms with Gasteiger partial charge < -0.3 is 19.5 Å². The molecule has 160 valence electrons. The summed E-state index contributed by atoms with van der Waals surface area (Å²) in [5.41, 5.74) is 1.30. The summed E-state index contributed by atoms with van der Waals surface area (Å²) in [6.45, 7) is 1.52. The molecule has 1 saturated heterocycles. The second-order valence-electron chi connectivity index (χ2n) is 7.21. The molecule has 2 aliphatic rings. The van der Waals surface area contributed by atoms with Crippen LogP contribution in [0.5, 0.6) is 11.5 Å². The van der Waals surface area contributed by atoms with Gasteiger partial charge in [0.15, 0.2) is 11.5 Å². The first-order valence-electron chi connectivity index (χ1n) is 9.89. The molecule has 4 rings (SSSR count). The van der Waals surface area contributed by atoms with E-state index < -0.39 is 10.0 Å². The minimum Gasteiger partial charge on any atom is -0.454 e. The van der Waals surface area contributed by atoms with E-state index in [-0.39, 0.29) is 30.2 Å². The largest absolute Gasteiger partial charge is 0.454 e. The van der Waals surface area contributed by atoms with Crippen molar-refractivity contribution >= 4 is 15.9 Å². The molecule has 1 amide bonds. The summed E-state index contributed by atoms with van der Waals surface area (Å²) >= 11 is 0. The monoisotopic (exact) mass is 432 g/mol. The number of sulfonamides is 1. The number of rotatable bonds is 8. The molecule has 30 heavy (non-hydrogen) atoms. The third-order valence-electron chi connectivity index (χ3n) is 5.07. The van der Waals surface area contributed by atoms with Gasteiger partial charge in [-0.1, -0.05) is 12.1 Å². The molecule has 0 unspecified atom stereocenters. The molecule has 1 fully saturated rings. The second kappa shape index (κ2) is 9.03. The lowest BCUT2D eigenvalue weighted by molar-refractivity contribution is 0.0954. The van der Waals surface area contributed by atoms with Gasteiger partial charge >= 0.3 is 0 Å². The van der Waals surface area contributed by atoms with Crippen molar-refractivity contribution in [1.82, 2.24) is 10.0 Å². The molecule has 9 heteroatoms. The Bertz CT molecular complexity index is 1020. The SMILES string of the molecule is O=C(NCCc1ccc2c(c1)OCO2)c1cccc(S(=O)(=O)NC[C@@H]2CCCO2)c1. The number of hydrogen-bond donors (Lipinski definition) is 2. The highest BCUT2D eigenvalue weighted by Crippen LogP contribution is 2.32. The van der Waals surface area contributed by atoms with Crippen molar-refractivity contribution in [1.29, 1.82) is 0 Å². The molecule has 2 heterocycles. The van der Waals surface area contributed by atoms with Crippen molar-refractivity contribution in [2.75, 3.05) is 26.5 Å². The van der Waals surface area contributed by atoms with Crippen molar-refractivity contribution in [3.05, 3.63) is 53.6 Å². The molecule has 8 nitrogen and oxygen atoms in total. The summed E-state index contributed by atoms with van der Waals surface area (Å²) in [7, 11) is -3.71. The summed E-state index contributed by atoms with van der Waals surface area (Å²) in [4.78, 5) is 12.5. The van der Waals surface area contributed by atoms with Crippen LogP contribution in [0, 0.1) is 0 Å². The van der Waals surface area contributed by atoms with Crippen LogP contribution in [0.15, 0.2) is 47.4 Å². The van der Waals surface area contributed by atoms with Crippen LogP contribution < -0.4 is 19.5 Å². The van der Waals surface area contributed by atoms with E-state index >= 15 is 0 Å². The highest BCUT2D eigenvalue weighted by molar-refractivity contribution is 7.89. The average Bonchev–Trinajstić information content (AvgIpc) is 3.44. The van der Waals surface area contributed by atoms with Crippen LogP contribution >= 0.6 is 0 Å². The van der Waals surface area contributed by atoms with Gasteiger partial charge in [0.05, 0.1) is 11.0 Å². The lowest BCUT2D eigenvalue weighted by atomic mass is 10.1. The van der Waals surface area contributed by atoms with Gasteiger partial charge in [0.1, 0.15) is 0 Å². The number of nitrogens with one attached hydrogen (secondary N) is 2. The van der Waals surface area contributed by atoms with Gasteiger partial charge in [-0.2, -0.15) is 0 Å². The summed E-state index contributed by atoms with van der Waals surface area (Å²) in [6, 6.07) is 11.7. The van der Waals surface area contributed by atoms with Crippen molar-refractivity contribution < 1.29 is 27.4 Å². The van der Waals surface area contributed by atoms with Crippen LogP contribution in [0.25, 0.3) is 0 Å². The van der Waals surface area contributed by atoms with Crippen molar-refractivity contribution in [3.8, 4) is 11.5 Å². The highest BCUT2D eigenvalue weighted by atomic mass is 32.2. The Morgan fingerprint density at radius 2 is 1.97 bits per heavy atom. The van der Waals surface area contributed by atoms with E-state index in [9.17, 15) is 13.2 Å². The van der Waals surface area contributed by atoms with Gasteiger partial charge in [-0.15, -0.1) is 0 Å². The molecule has 2 aliphatic heterocycles. The number of fused-ring (bicyclic) bond motifs is 1. The molecule has 2 aromatic carbocycles. The summed E-state index contributed by atoms with van der Waals surface area (Å²) in [5.74, 6) is 1.09. The Morgan fingerprint density at radius 1 is 1.10 bits per heavy atom. The number of ether oxygens (including phenoxy) is 3. The van der Waals surface area contributed by atoms with Gasteiger partial charge in [0, 0.05) is 25.3 Å². The Balaban J connectivity index is 1.32. The zero-order chi connectivity index (χ0) is 21.0. The Kier molecular flexibility index (Phi) is 6.21. The van der Waals surface area contributed by atoms with E-state index in [1.54, 1.807) is 12.1 Å². The van der Waals surface area contributed by atoms with Crippen molar-refractivity contribution in [2.24, 2.45) is 0 Å². The highest BCUT2D eigenvalue weighted by Gasteiger charge is 2.21. The van der Waals surface area contributed by atoms with Crippen LogP contribution in [0.2, 0.25) is 0 Å². The Labute approximate surface area is 175 Å². The third-order valence-corrected chi connectivity index (χ3v) is 6.49. The summed E-state index contributed by atoms with van der Waals surface area (Å²) < 4.78 is 43.7. The van der Waals surface area contributed by atoms with Gasteiger partial charge in [0.25, 0.3) is 5.91 Å². The van der Waals surface area contributed by atoms with Crippen LogP contribution in [-0.4, -0.2) is 46.9 Å². The molecule has 0 bridgehead atoms. The zero-order valence-electron chi connectivity index (χ0n) is 16.4. The molecule has 1 atom stereocenters. The number of carbonyl (C=O) groups excluding carboxylic acids is 1. The predicted octanol–water partition coefficient (Wildman–Crippen LogP) is 1.85. The van der Waals surface area contributed by atoms with E-state index in [1.165, 1.54) is 12.1 Å². The average molecular weight is 432 g/mol. The lowest BCUT2D eigenvalue weighted by Gasteiger charge is -2.12. The molecule has 0 saturated carbocycles. The summed E-state index contributed by atoms with van der Waals surface area (Å²) in [5, 5.41) is 2.82. The molecule has 2 N–H and O–H groups in total. The number of carbonyl (C=O) groups is 1. The molecular weight excluding hydrogens is 408 g/mol. The van der Waals surface area contributed by atoms with Crippen LogP contribution in [-0.2, 0) is 21.2 Å². The molecule has 2 aromatic rings.